The first-order valence-electron chi connectivity index (χ1n) is 7.22. The van der Waals surface area contributed by atoms with Crippen LogP contribution in [0, 0.1) is 0 Å². The molecular formula is C14H24N6O. The van der Waals surface area contributed by atoms with Gasteiger partial charge in [0, 0.05) is 28.2 Å². The molecule has 0 aromatic carbocycles. The zero-order chi connectivity index (χ0) is 15.7. The van der Waals surface area contributed by atoms with E-state index in [4.69, 9.17) is 0 Å². The van der Waals surface area contributed by atoms with Crippen molar-refractivity contribution >= 4 is 17.1 Å². The molecule has 0 unspecified atom stereocenters. The predicted molar refractivity (Wildman–Crippen MR) is 84.7 cm³/mol. The van der Waals surface area contributed by atoms with E-state index in [0.29, 0.717) is 17.1 Å². The Hall–Kier alpha value is -1.89. The minimum Gasteiger partial charge on any atom is -0.348 e. The van der Waals surface area contributed by atoms with Gasteiger partial charge in [0.15, 0.2) is 11.2 Å². The summed E-state index contributed by atoms with van der Waals surface area (Å²) in [6.45, 7) is 6.89. The Balaban J connectivity index is 2.62. The minimum absolute atomic E-state index is 0.229. The van der Waals surface area contributed by atoms with E-state index in [-0.39, 0.29) is 5.56 Å². The van der Waals surface area contributed by atoms with Crippen molar-refractivity contribution < 1.29 is 0 Å². The standard InChI is InChI=1S/C14H24N6O/c1-7-20(8-2)9-10-15-12-11(18(10)5)13(21)16-14(17(3)4)19(12)6/h7-9H2,1-6H3. The number of aromatic nitrogens is 4. The van der Waals surface area contributed by atoms with Gasteiger partial charge in [-0.3, -0.25) is 14.3 Å². The molecule has 0 saturated heterocycles. The van der Waals surface area contributed by atoms with Crippen LogP contribution >= 0.6 is 0 Å². The summed E-state index contributed by atoms with van der Waals surface area (Å²) in [6.07, 6.45) is 0. The fourth-order valence-electron chi connectivity index (χ4n) is 2.50. The first-order valence-corrected chi connectivity index (χ1v) is 7.22. The van der Waals surface area contributed by atoms with Crippen LogP contribution in [0.25, 0.3) is 11.2 Å². The molecule has 7 heteroatoms. The van der Waals surface area contributed by atoms with Crippen LogP contribution in [0.1, 0.15) is 19.7 Å². The average Bonchev–Trinajstić information content (AvgIpc) is 2.77. The molecule has 2 heterocycles. The second kappa shape index (κ2) is 5.85. The molecule has 0 spiro atoms. The summed E-state index contributed by atoms with van der Waals surface area (Å²) in [7, 11) is 7.51. The third-order valence-corrected chi connectivity index (χ3v) is 3.85. The van der Waals surface area contributed by atoms with Crippen LogP contribution in [0.4, 0.5) is 5.95 Å². The quantitative estimate of drug-likeness (QED) is 0.806. The summed E-state index contributed by atoms with van der Waals surface area (Å²) in [4.78, 5) is 25.2. The van der Waals surface area contributed by atoms with Crippen LogP contribution in [-0.2, 0) is 20.6 Å². The smallest absolute Gasteiger partial charge is 0.300 e. The Morgan fingerprint density at radius 2 is 1.67 bits per heavy atom. The van der Waals surface area contributed by atoms with E-state index in [1.807, 2.05) is 42.2 Å². The zero-order valence-corrected chi connectivity index (χ0v) is 13.7. The summed E-state index contributed by atoms with van der Waals surface area (Å²) in [5, 5.41) is 0. The summed E-state index contributed by atoms with van der Waals surface area (Å²) in [5.41, 5.74) is 1.02. The van der Waals surface area contributed by atoms with Crippen LogP contribution in [0.3, 0.4) is 0 Å². The van der Waals surface area contributed by atoms with Gasteiger partial charge in [-0.1, -0.05) is 13.8 Å². The number of anilines is 1. The fraction of sp³-hybridized carbons (Fsp3) is 0.643. The molecule has 0 radical (unpaired) electrons. The lowest BCUT2D eigenvalue weighted by atomic mass is 10.4. The molecule has 0 bridgehead atoms. The molecule has 116 valence electrons. The van der Waals surface area contributed by atoms with Crippen molar-refractivity contribution in [3.05, 3.63) is 16.2 Å². The van der Waals surface area contributed by atoms with Crippen LogP contribution < -0.4 is 10.5 Å². The maximum absolute atomic E-state index is 12.3. The van der Waals surface area contributed by atoms with Gasteiger partial charge in [0.25, 0.3) is 0 Å². The van der Waals surface area contributed by atoms with E-state index in [0.717, 1.165) is 25.5 Å². The molecule has 21 heavy (non-hydrogen) atoms. The van der Waals surface area contributed by atoms with Crippen LogP contribution in [0.15, 0.2) is 4.79 Å². The number of aryl methyl sites for hydroxylation is 2. The number of hydrogen-bond donors (Lipinski definition) is 0. The first kappa shape index (κ1) is 15.5. The second-order valence-corrected chi connectivity index (χ2v) is 5.39. The molecular weight excluding hydrogens is 268 g/mol. The monoisotopic (exact) mass is 292 g/mol. The van der Waals surface area contributed by atoms with Gasteiger partial charge in [-0.05, 0) is 13.1 Å². The third kappa shape index (κ3) is 2.65. The topological polar surface area (TPSA) is 59.2 Å². The van der Waals surface area contributed by atoms with E-state index >= 15 is 0 Å². The van der Waals surface area contributed by atoms with Gasteiger partial charge in [0.1, 0.15) is 5.82 Å². The molecule has 2 aromatic rings. The van der Waals surface area contributed by atoms with Crippen LogP contribution in [-0.4, -0.2) is 51.2 Å². The minimum atomic E-state index is -0.229. The first-order chi connectivity index (χ1) is 9.90. The van der Waals surface area contributed by atoms with Crippen LogP contribution in [0.2, 0.25) is 0 Å². The molecule has 0 aliphatic heterocycles. The molecule has 0 amide bonds. The van der Waals surface area contributed by atoms with Crippen molar-refractivity contribution in [2.45, 2.75) is 20.4 Å². The van der Waals surface area contributed by atoms with Crippen molar-refractivity contribution in [2.75, 3.05) is 32.1 Å². The summed E-state index contributed by atoms with van der Waals surface area (Å²) >= 11 is 0. The Morgan fingerprint density at radius 3 is 2.19 bits per heavy atom. The van der Waals surface area contributed by atoms with Gasteiger partial charge in [-0.15, -0.1) is 0 Å². The van der Waals surface area contributed by atoms with Gasteiger partial charge in [0.05, 0.1) is 6.54 Å². The van der Waals surface area contributed by atoms with Gasteiger partial charge >= 0.3 is 5.56 Å². The molecule has 7 nitrogen and oxygen atoms in total. The number of nitrogens with zero attached hydrogens (tertiary/aromatic N) is 6. The van der Waals surface area contributed by atoms with Crippen molar-refractivity contribution in [2.24, 2.45) is 14.1 Å². The van der Waals surface area contributed by atoms with E-state index in [9.17, 15) is 4.79 Å². The van der Waals surface area contributed by atoms with Crippen molar-refractivity contribution in [3.8, 4) is 0 Å². The highest BCUT2D eigenvalue weighted by atomic mass is 16.1. The molecule has 0 aliphatic rings. The normalized spacial score (nSPS) is 11.6. The second-order valence-electron chi connectivity index (χ2n) is 5.39. The van der Waals surface area contributed by atoms with Gasteiger partial charge in [0.2, 0.25) is 5.95 Å². The maximum atomic E-state index is 12.3. The number of rotatable bonds is 5. The zero-order valence-electron chi connectivity index (χ0n) is 13.7. The van der Waals surface area contributed by atoms with Gasteiger partial charge in [-0.2, -0.15) is 4.98 Å². The average molecular weight is 292 g/mol. The van der Waals surface area contributed by atoms with E-state index in [1.54, 1.807) is 0 Å². The maximum Gasteiger partial charge on any atom is 0.300 e. The number of imidazole rings is 1. The van der Waals surface area contributed by atoms with Gasteiger partial charge < -0.3 is 9.47 Å². The number of hydrogen-bond acceptors (Lipinski definition) is 5. The third-order valence-electron chi connectivity index (χ3n) is 3.85. The van der Waals surface area contributed by atoms with Gasteiger partial charge in [-0.25, -0.2) is 4.98 Å². The highest BCUT2D eigenvalue weighted by molar-refractivity contribution is 5.72. The Morgan fingerprint density at radius 1 is 1.05 bits per heavy atom. The summed E-state index contributed by atoms with van der Waals surface area (Å²) in [6, 6.07) is 0. The fourth-order valence-corrected chi connectivity index (χ4v) is 2.50. The Kier molecular flexibility index (Phi) is 4.32. The summed E-state index contributed by atoms with van der Waals surface area (Å²) < 4.78 is 3.73. The van der Waals surface area contributed by atoms with E-state index < -0.39 is 0 Å². The molecule has 0 fully saturated rings. The molecule has 2 rings (SSSR count). The Bertz CT molecular complexity index is 696. The van der Waals surface area contributed by atoms with E-state index in [2.05, 4.69) is 28.7 Å². The number of fused-ring (bicyclic) bond motifs is 1. The highest BCUT2D eigenvalue weighted by Gasteiger charge is 2.18. The van der Waals surface area contributed by atoms with Crippen molar-refractivity contribution in [3.63, 3.8) is 0 Å². The SMILES string of the molecule is CCN(CC)Cc1nc2c(c(=O)nc(N(C)C)n2C)n1C. The lowest BCUT2D eigenvalue weighted by molar-refractivity contribution is 0.285. The highest BCUT2D eigenvalue weighted by Crippen LogP contribution is 2.16. The molecule has 0 N–H and O–H groups in total. The lowest BCUT2D eigenvalue weighted by Gasteiger charge is -2.17. The predicted octanol–water partition coefficient (Wildman–Crippen LogP) is 0.575. The lowest BCUT2D eigenvalue weighted by Crippen LogP contribution is -2.24. The molecule has 2 aromatic heterocycles. The Labute approximate surface area is 124 Å². The summed E-state index contributed by atoms with van der Waals surface area (Å²) in [5.74, 6) is 1.50. The van der Waals surface area contributed by atoms with Crippen molar-refractivity contribution in [1.29, 1.82) is 0 Å². The largest absolute Gasteiger partial charge is 0.348 e. The molecule has 0 saturated carbocycles. The van der Waals surface area contributed by atoms with E-state index in [1.165, 1.54) is 0 Å². The molecule has 0 aliphatic carbocycles. The molecule has 0 atom stereocenters. The van der Waals surface area contributed by atoms with Crippen molar-refractivity contribution in [1.82, 2.24) is 24.0 Å². The van der Waals surface area contributed by atoms with Crippen LogP contribution in [0.5, 0.6) is 0 Å².